The highest BCUT2D eigenvalue weighted by Gasteiger charge is 2.22. The summed E-state index contributed by atoms with van der Waals surface area (Å²) >= 11 is 0. The molecule has 3 rings (SSSR count). The lowest BCUT2D eigenvalue weighted by Crippen LogP contribution is -2.43. The standard InChI is InChI=1S/C20H23N3O5S/c1-14-6-8-15(9-7-14)29(26,27)22-13-19(24)21-12-20(25)23-17-10-11-28-18-5-3-2-4-16(17)18/h2-9,17,22H,10-13H2,1H3,(H,21,24)(H,23,25)/t17-/m1/s1. The number of carbonyl (C=O) groups is 2. The van der Waals surface area contributed by atoms with Crippen LogP contribution in [-0.2, 0) is 19.6 Å². The molecule has 0 aromatic heterocycles. The number of aryl methyl sites for hydroxylation is 1. The lowest BCUT2D eigenvalue weighted by atomic mass is 10.0. The zero-order valence-corrected chi connectivity index (χ0v) is 16.8. The van der Waals surface area contributed by atoms with Gasteiger partial charge in [0.1, 0.15) is 5.75 Å². The minimum atomic E-state index is -3.79. The molecule has 2 aromatic rings. The molecule has 0 unspecified atom stereocenters. The van der Waals surface area contributed by atoms with Crippen LogP contribution in [0.2, 0.25) is 0 Å². The van der Waals surface area contributed by atoms with Crippen LogP contribution in [-0.4, -0.2) is 39.9 Å². The van der Waals surface area contributed by atoms with Crippen LogP contribution < -0.4 is 20.1 Å². The van der Waals surface area contributed by atoms with Crippen LogP contribution in [0.3, 0.4) is 0 Å². The summed E-state index contributed by atoms with van der Waals surface area (Å²) in [6.45, 7) is 1.64. The van der Waals surface area contributed by atoms with Crippen molar-refractivity contribution in [1.82, 2.24) is 15.4 Å². The van der Waals surface area contributed by atoms with E-state index in [0.717, 1.165) is 16.9 Å². The Hall–Kier alpha value is -2.91. The van der Waals surface area contributed by atoms with Crippen LogP contribution in [0, 0.1) is 6.92 Å². The Labute approximate surface area is 169 Å². The van der Waals surface area contributed by atoms with Gasteiger partial charge in [-0.3, -0.25) is 9.59 Å². The van der Waals surface area contributed by atoms with E-state index in [-0.39, 0.29) is 23.4 Å². The van der Waals surface area contributed by atoms with Gasteiger partial charge in [0, 0.05) is 12.0 Å². The zero-order valence-electron chi connectivity index (χ0n) is 16.0. The van der Waals surface area contributed by atoms with E-state index in [2.05, 4.69) is 15.4 Å². The van der Waals surface area contributed by atoms with Crippen LogP contribution in [0.1, 0.15) is 23.6 Å². The molecule has 1 heterocycles. The van der Waals surface area contributed by atoms with Gasteiger partial charge >= 0.3 is 0 Å². The molecule has 1 atom stereocenters. The van der Waals surface area contributed by atoms with Crippen molar-refractivity contribution in [1.29, 1.82) is 0 Å². The minimum Gasteiger partial charge on any atom is -0.493 e. The maximum Gasteiger partial charge on any atom is 0.241 e. The van der Waals surface area contributed by atoms with Gasteiger partial charge in [-0.25, -0.2) is 13.1 Å². The fourth-order valence-electron chi connectivity index (χ4n) is 2.94. The molecule has 0 aliphatic carbocycles. The Morgan fingerprint density at radius 3 is 2.52 bits per heavy atom. The Bertz CT molecular complexity index is 989. The summed E-state index contributed by atoms with van der Waals surface area (Å²) in [6, 6.07) is 13.6. The van der Waals surface area contributed by atoms with E-state index in [9.17, 15) is 18.0 Å². The van der Waals surface area contributed by atoms with Gasteiger partial charge in [0.2, 0.25) is 21.8 Å². The fraction of sp³-hybridized carbons (Fsp3) is 0.300. The van der Waals surface area contributed by atoms with Crippen LogP contribution in [0.15, 0.2) is 53.4 Å². The van der Waals surface area contributed by atoms with E-state index < -0.39 is 22.5 Å². The average Bonchev–Trinajstić information content (AvgIpc) is 2.71. The van der Waals surface area contributed by atoms with Gasteiger partial charge in [0.25, 0.3) is 0 Å². The van der Waals surface area contributed by atoms with Crippen molar-refractivity contribution in [2.24, 2.45) is 0 Å². The Kier molecular flexibility index (Phi) is 6.50. The summed E-state index contributed by atoms with van der Waals surface area (Å²) in [6.07, 6.45) is 0.632. The smallest absolute Gasteiger partial charge is 0.241 e. The van der Waals surface area contributed by atoms with Crippen molar-refractivity contribution in [2.75, 3.05) is 19.7 Å². The number of ether oxygens (including phenoxy) is 1. The molecule has 2 aromatic carbocycles. The first-order valence-corrected chi connectivity index (χ1v) is 10.7. The molecule has 3 N–H and O–H groups in total. The molecule has 1 aliphatic heterocycles. The van der Waals surface area contributed by atoms with Crippen LogP contribution in [0.5, 0.6) is 5.75 Å². The van der Waals surface area contributed by atoms with E-state index in [1.165, 1.54) is 12.1 Å². The van der Waals surface area contributed by atoms with Crippen molar-refractivity contribution in [3.05, 3.63) is 59.7 Å². The molecule has 0 bridgehead atoms. The van der Waals surface area contributed by atoms with Crippen molar-refractivity contribution in [2.45, 2.75) is 24.3 Å². The maximum absolute atomic E-state index is 12.2. The number of rotatable bonds is 7. The molecule has 0 saturated heterocycles. The molecule has 9 heteroatoms. The third-order valence-corrected chi connectivity index (χ3v) is 5.91. The van der Waals surface area contributed by atoms with Gasteiger partial charge in [0.05, 0.1) is 30.6 Å². The SMILES string of the molecule is Cc1ccc(S(=O)(=O)NCC(=O)NCC(=O)N[C@@H]2CCOc3ccccc32)cc1. The van der Waals surface area contributed by atoms with Gasteiger partial charge in [-0.2, -0.15) is 0 Å². The van der Waals surface area contributed by atoms with Crippen LogP contribution in [0.4, 0.5) is 0 Å². The molecule has 154 valence electrons. The number of hydrogen-bond donors (Lipinski definition) is 3. The number of para-hydroxylation sites is 1. The third kappa shape index (κ3) is 5.55. The van der Waals surface area contributed by atoms with Crippen LogP contribution in [0.25, 0.3) is 0 Å². The maximum atomic E-state index is 12.2. The first-order valence-electron chi connectivity index (χ1n) is 9.19. The van der Waals surface area contributed by atoms with Crippen LogP contribution >= 0.6 is 0 Å². The molecule has 0 radical (unpaired) electrons. The van der Waals surface area contributed by atoms with E-state index in [4.69, 9.17) is 4.74 Å². The highest BCUT2D eigenvalue weighted by atomic mass is 32.2. The number of sulfonamides is 1. The molecule has 0 spiro atoms. The molecule has 1 aliphatic rings. The Morgan fingerprint density at radius 1 is 1.03 bits per heavy atom. The van der Waals surface area contributed by atoms with E-state index in [1.807, 2.05) is 31.2 Å². The van der Waals surface area contributed by atoms with E-state index in [1.54, 1.807) is 12.1 Å². The summed E-state index contributed by atoms with van der Waals surface area (Å²) < 4.78 is 32.1. The first-order chi connectivity index (χ1) is 13.8. The number of benzene rings is 2. The molecule has 0 saturated carbocycles. The van der Waals surface area contributed by atoms with Gasteiger partial charge in [0.15, 0.2) is 0 Å². The molecule has 2 amide bonds. The van der Waals surface area contributed by atoms with E-state index in [0.29, 0.717) is 13.0 Å². The Morgan fingerprint density at radius 2 is 1.76 bits per heavy atom. The topological polar surface area (TPSA) is 114 Å². The predicted molar refractivity (Wildman–Crippen MR) is 107 cm³/mol. The average molecular weight is 417 g/mol. The normalized spacial score (nSPS) is 15.7. The number of nitrogens with one attached hydrogen (secondary N) is 3. The van der Waals surface area contributed by atoms with Crippen molar-refractivity contribution in [3.8, 4) is 5.75 Å². The molecule has 29 heavy (non-hydrogen) atoms. The summed E-state index contributed by atoms with van der Waals surface area (Å²) in [4.78, 5) is 24.2. The van der Waals surface area contributed by atoms with Crippen molar-refractivity contribution in [3.63, 3.8) is 0 Å². The number of carbonyl (C=O) groups excluding carboxylic acids is 2. The Balaban J connectivity index is 1.46. The number of fused-ring (bicyclic) bond motifs is 1. The largest absolute Gasteiger partial charge is 0.493 e. The molecule has 8 nitrogen and oxygen atoms in total. The monoisotopic (exact) mass is 417 g/mol. The van der Waals surface area contributed by atoms with Gasteiger partial charge in [-0.1, -0.05) is 35.9 Å². The highest BCUT2D eigenvalue weighted by Crippen LogP contribution is 2.31. The lowest BCUT2D eigenvalue weighted by molar-refractivity contribution is -0.126. The molecular weight excluding hydrogens is 394 g/mol. The third-order valence-electron chi connectivity index (χ3n) is 4.49. The second-order valence-corrected chi connectivity index (χ2v) is 8.48. The number of hydrogen-bond acceptors (Lipinski definition) is 5. The second-order valence-electron chi connectivity index (χ2n) is 6.71. The summed E-state index contributed by atoms with van der Waals surface area (Å²) in [7, 11) is -3.79. The molecular formula is C20H23N3O5S. The van der Waals surface area contributed by atoms with Gasteiger partial charge in [-0.15, -0.1) is 0 Å². The second kappa shape index (κ2) is 9.06. The van der Waals surface area contributed by atoms with Gasteiger partial charge < -0.3 is 15.4 Å². The van der Waals surface area contributed by atoms with Crippen molar-refractivity contribution >= 4 is 21.8 Å². The first kappa shape index (κ1) is 20.8. The summed E-state index contributed by atoms with van der Waals surface area (Å²) in [5.41, 5.74) is 1.82. The summed E-state index contributed by atoms with van der Waals surface area (Å²) in [5.74, 6) is -0.219. The van der Waals surface area contributed by atoms with E-state index >= 15 is 0 Å². The quantitative estimate of drug-likeness (QED) is 0.623. The number of amides is 2. The lowest BCUT2D eigenvalue weighted by Gasteiger charge is -2.26. The summed E-state index contributed by atoms with van der Waals surface area (Å²) in [5, 5.41) is 5.28. The van der Waals surface area contributed by atoms with Gasteiger partial charge in [-0.05, 0) is 25.1 Å². The molecule has 0 fully saturated rings. The predicted octanol–water partition coefficient (Wildman–Crippen LogP) is 1.03. The fourth-order valence-corrected chi connectivity index (χ4v) is 3.92. The zero-order chi connectivity index (χ0) is 20.9. The van der Waals surface area contributed by atoms with Crippen molar-refractivity contribution < 1.29 is 22.7 Å². The highest BCUT2D eigenvalue weighted by molar-refractivity contribution is 7.89. The minimum absolute atomic E-state index is 0.0758.